The Balaban J connectivity index is 1.29. The second-order valence-corrected chi connectivity index (χ2v) is 9.76. The number of H-pyrrole nitrogens is 1. The van der Waals surface area contributed by atoms with E-state index in [0.29, 0.717) is 17.6 Å². The molecule has 188 valence electrons. The van der Waals surface area contributed by atoms with Gasteiger partial charge in [0.05, 0.1) is 18.2 Å². The molecule has 0 saturated carbocycles. The highest BCUT2D eigenvalue weighted by Gasteiger charge is 2.24. The summed E-state index contributed by atoms with van der Waals surface area (Å²) in [7, 11) is 3.52. The number of fused-ring (bicyclic) bond motifs is 2. The molecule has 1 fully saturated rings. The molecule has 0 unspecified atom stereocenters. The van der Waals surface area contributed by atoms with Gasteiger partial charge in [-0.05, 0) is 64.5 Å². The lowest BCUT2D eigenvalue weighted by Gasteiger charge is -2.34. The number of rotatable bonds is 6. The molecule has 0 aliphatic carbocycles. The van der Waals surface area contributed by atoms with Crippen LogP contribution >= 0.6 is 15.9 Å². The maximum atomic E-state index is 5.53. The molecule has 10 nitrogen and oxygen atoms in total. The van der Waals surface area contributed by atoms with Crippen LogP contribution in [-0.4, -0.2) is 63.4 Å². The van der Waals surface area contributed by atoms with E-state index in [0.717, 1.165) is 75.2 Å². The summed E-state index contributed by atoms with van der Waals surface area (Å²) in [6.07, 6.45) is 5.28. The number of piperidine rings is 1. The molecule has 1 aliphatic heterocycles. The van der Waals surface area contributed by atoms with E-state index in [1.807, 2.05) is 19.2 Å². The van der Waals surface area contributed by atoms with Gasteiger partial charge in [-0.25, -0.2) is 19.9 Å². The number of aromatic amines is 1. The molecule has 11 heteroatoms. The van der Waals surface area contributed by atoms with Crippen molar-refractivity contribution in [2.24, 2.45) is 0 Å². The van der Waals surface area contributed by atoms with Gasteiger partial charge in [0.2, 0.25) is 5.95 Å². The number of hydrogen-bond donors (Lipinski definition) is 3. The first-order valence-electron chi connectivity index (χ1n) is 12.1. The fourth-order valence-corrected chi connectivity index (χ4v) is 5.32. The summed E-state index contributed by atoms with van der Waals surface area (Å²) in [4.78, 5) is 20.1. The van der Waals surface area contributed by atoms with Crippen molar-refractivity contribution in [3.8, 4) is 17.0 Å². The molecule has 4 heterocycles. The molecule has 5 aromatic rings. The Morgan fingerprint density at radius 2 is 1.95 bits per heavy atom. The lowest BCUT2D eigenvalue weighted by molar-refractivity contribution is 0.415. The van der Waals surface area contributed by atoms with Crippen molar-refractivity contribution >= 4 is 55.2 Å². The summed E-state index contributed by atoms with van der Waals surface area (Å²) in [6, 6.07) is 12.7. The number of halogens is 1. The summed E-state index contributed by atoms with van der Waals surface area (Å²) in [5.41, 5.74) is 3.63. The average Bonchev–Trinajstić information content (AvgIpc) is 3.34. The average molecular weight is 560 g/mol. The summed E-state index contributed by atoms with van der Waals surface area (Å²) in [5.74, 6) is 2.33. The normalized spacial score (nSPS) is 14.3. The fourth-order valence-electron chi connectivity index (χ4n) is 4.87. The Morgan fingerprint density at radius 1 is 1.08 bits per heavy atom. The summed E-state index contributed by atoms with van der Waals surface area (Å²) in [6.45, 7) is 1.75. The lowest BCUT2D eigenvalue weighted by atomic mass is 9.99. The third-order valence-corrected chi connectivity index (χ3v) is 7.35. The standard InChI is InChI=1S/C26H26BrN9O/c1-28-26-29-8-5-20(33-26)16-11-15-3-4-18(37-2)13-19(15)21(12-16)32-17-6-9-36(10-7-17)25-22-23(27)34-35-24(22)30-14-31-25/h3-5,8,11-14,17,32H,6-7,9-10H2,1-2H3,(H,28,29,33)(H,30,31,34,35). The number of methoxy groups -OCH3 is 1. The minimum absolute atomic E-state index is 0.310. The third kappa shape index (κ3) is 4.50. The highest BCUT2D eigenvalue weighted by molar-refractivity contribution is 9.10. The fraction of sp³-hybridized carbons (Fsp3) is 0.269. The van der Waals surface area contributed by atoms with E-state index in [-0.39, 0.29) is 0 Å². The predicted molar refractivity (Wildman–Crippen MR) is 149 cm³/mol. The Hall–Kier alpha value is -3.99. The zero-order valence-corrected chi connectivity index (χ0v) is 22.1. The summed E-state index contributed by atoms with van der Waals surface area (Å²) < 4.78 is 6.33. The van der Waals surface area contributed by atoms with Crippen LogP contribution < -0.4 is 20.3 Å². The van der Waals surface area contributed by atoms with E-state index in [4.69, 9.17) is 4.74 Å². The van der Waals surface area contributed by atoms with Gasteiger partial charge in [0.15, 0.2) is 5.65 Å². The summed E-state index contributed by atoms with van der Waals surface area (Å²) in [5, 5.41) is 17.2. The number of ether oxygens (including phenoxy) is 1. The van der Waals surface area contributed by atoms with E-state index >= 15 is 0 Å². The SMILES string of the molecule is CNc1nccc(-c2cc(NC3CCN(c4ncnc5n[nH]c(Br)c45)CC3)c3cc(OC)ccc3c2)n1. The van der Waals surface area contributed by atoms with Crippen LogP contribution in [0.25, 0.3) is 33.1 Å². The van der Waals surface area contributed by atoms with Crippen LogP contribution in [-0.2, 0) is 0 Å². The number of hydrogen-bond acceptors (Lipinski definition) is 9. The minimum atomic E-state index is 0.310. The summed E-state index contributed by atoms with van der Waals surface area (Å²) >= 11 is 3.55. The van der Waals surface area contributed by atoms with Gasteiger partial charge < -0.3 is 20.3 Å². The van der Waals surface area contributed by atoms with E-state index in [1.54, 1.807) is 19.6 Å². The molecule has 6 rings (SSSR count). The number of aromatic nitrogens is 6. The van der Waals surface area contributed by atoms with E-state index in [1.165, 1.54) is 0 Å². The molecular formula is C26H26BrN9O. The molecule has 0 radical (unpaired) electrons. The predicted octanol–water partition coefficient (Wildman–Crippen LogP) is 4.86. The Kier molecular flexibility index (Phi) is 6.21. The van der Waals surface area contributed by atoms with Gasteiger partial charge in [-0.15, -0.1) is 0 Å². The molecule has 0 atom stereocenters. The lowest BCUT2D eigenvalue weighted by Crippen LogP contribution is -2.39. The minimum Gasteiger partial charge on any atom is -0.497 e. The van der Waals surface area contributed by atoms with E-state index < -0.39 is 0 Å². The number of nitrogens with one attached hydrogen (secondary N) is 3. The first-order chi connectivity index (χ1) is 18.1. The van der Waals surface area contributed by atoms with Crippen molar-refractivity contribution in [3.05, 3.63) is 53.5 Å². The van der Waals surface area contributed by atoms with Crippen molar-refractivity contribution in [3.63, 3.8) is 0 Å². The third-order valence-electron chi connectivity index (χ3n) is 6.78. The maximum Gasteiger partial charge on any atom is 0.222 e. The van der Waals surface area contributed by atoms with Crippen molar-refractivity contribution in [1.29, 1.82) is 0 Å². The van der Waals surface area contributed by atoms with Gasteiger partial charge in [0.25, 0.3) is 0 Å². The molecule has 1 saturated heterocycles. The first-order valence-corrected chi connectivity index (χ1v) is 12.9. The Morgan fingerprint density at radius 3 is 2.76 bits per heavy atom. The van der Waals surface area contributed by atoms with Gasteiger partial charge in [-0.2, -0.15) is 5.10 Å². The van der Waals surface area contributed by atoms with Gasteiger partial charge in [0.1, 0.15) is 22.5 Å². The maximum absolute atomic E-state index is 5.53. The van der Waals surface area contributed by atoms with Crippen LogP contribution in [0.5, 0.6) is 5.75 Å². The van der Waals surface area contributed by atoms with E-state index in [2.05, 4.69) is 85.9 Å². The van der Waals surface area contributed by atoms with Gasteiger partial charge in [0, 0.05) is 49.0 Å². The van der Waals surface area contributed by atoms with Crippen LogP contribution in [0.15, 0.2) is 53.5 Å². The molecule has 0 amide bonds. The molecule has 3 aromatic heterocycles. The second-order valence-electron chi connectivity index (χ2n) is 8.97. The highest BCUT2D eigenvalue weighted by atomic mass is 79.9. The zero-order valence-electron chi connectivity index (χ0n) is 20.5. The van der Waals surface area contributed by atoms with Crippen LogP contribution in [0, 0.1) is 0 Å². The van der Waals surface area contributed by atoms with Gasteiger partial charge >= 0.3 is 0 Å². The number of benzene rings is 2. The second kappa shape index (κ2) is 9.81. The highest BCUT2D eigenvalue weighted by Crippen LogP contribution is 2.35. The van der Waals surface area contributed by atoms with Crippen molar-refractivity contribution < 1.29 is 4.74 Å². The van der Waals surface area contributed by atoms with Crippen LogP contribution in [0.2, 0.25) is 0 Å². The van der Waals surface area contributed by atoms with Crippen LogP contribution in [0.1, 0.15) is 12.8 Å². The quantitative estimate of drug-likeness (QED) is 0.268. The molecule has 1 aliphatic rings. The zero-order chi connectivity index (χ0) is 25.4. The molecule has 3 N–H and O–H groups in total. The Bertz CT molecular complexity index is 1580. The number of anilines is 3. The van der Waals surface area contributed by atoms with Crippen molar-refractivity contribution in [2.75, 3.05) is 42.8 Å². The number of nitrogens with zero attached hydrogens (tertiary/aromatic N) is 6. The first kappa shape index (κ1) is 23.4. The van der Waals surface area contributed by atoms with Gasteiger partial charge in [-0.1, -0.05) is 6.07 Å². The molecule has 37 heavy (non-hydrogen) atoms. The van der Waals surface area contributed by atoms with Gasteiger partial charge in [-0.3, -0.25) is 5.10 Å². The van der Waals surface area contributed by atoms with Crippen LogP contribution in [0.3, 0.4) is 0 Å². The topological polar surface area (TPSA) is 117 Å². The van der Waals surface area contributed by atoms with Crippen LogP contribution in [0.4, 0.5) is 17.5 Å². The van der Waals surface area contributed by atoms with Crippen molar-refractivity contribution in [1.82, 2.24) is 30.1 Å². The van der Waals surface area contributed by atoms with E-state index in [9.17, 15) is 0 Å². The molecule has 2 aromatic carbocycles. The van der Waals surface area contributed by atoms with Crippen molar-refractivity contribution in [2.45, 2.75) is 18.9 Å². The monoisotopic (exact) mass is 559 g/mol. The Labute approximate surface area is 222 Å². The molecule has 0 spiro atoms. The smallest absolute Gasteiger partial charge is 0.222 e. The largest absolute Gasteiger partial charge is 0.497 e. The molecular weight excluding hydrogens is 534 g/mol. The molecule has 0 bridgehead atoms.